The second-order valence-electron chi connectivity index (χ2n) is 6.72. The van der Waals surface area contributed by atoms with Crippen molar-refractivity contribution in [1.29, 1.82) is 0 Å². The first-order chi connectivity index (χ1) is 15.0. The van der Waals surface area contributed by atoms with E-state index < -0.39 is 0 Å². The Morgan fingerprint density at radius 2 is 0.806 bits per heavy atom. The summed E-state index contributed by atoms with van der Waals surface area (Å²) in [6.07, 6.45) is 0. The summed E-state index contributed by atoms with van der Waals surface area (Å²) in [5, 5.41) is 4.32. The lowest BCUT2D eigenvalue weighted by atomic mass is 10.2. The summed E-state index contributed by atoms with van der Waals surface area (Å²) in [4.78, 5) is 0. The van der Waals surface area contributed by atoms with Crippen LogP contribution in [0.15, 0.2) is 72.8 Å². The number of hydrogen-bond acceptors (Lipinski definition) is 3. The van der Waals surface area contributed by atoms with E-state index in [2.05, 4.69) is 48.5 Å². The SMILES string of the molecule is Clc1cc2c(cc1Cl)Oc1cc(Cl)c(Cl)cc1O2.c1ccc2c(c1)sc1ccccc12. The van der Waals surface area contributed by atoms with E-state index in [0.29, 0.717) is 43.1 Å². The molecule has 0 N–H and O–H groups in total. The highest BCUT2D eigenvalue weighted by Gasteiger charge is 2.22. The molecule has 31 heavy (non-hydrogen) atoms. The minimum Gasteiger partial charge on any atom is -0.449 e. The second-order valence-corrected chi connectivity index (χ2v) is 9.44. The normalized spacial score (nSPS) is 11.7. The largest absolute Gasteiger partial charge is 0.449 e. The van der Waals surface area contributed by atoms with E-state index in [1.165, 1.54) is 20.2 Å². The maximum absolute atomic E-state index is 5.91. The van der Waals surface area contributed by atoms with E-state index in [4.69, 9.17) is 55.9 Å². The molecular formula is C24H12Cl4O2S. The molecule has 0 unspecified atom stereocenters. The van der Waals surface area contributed by atoms with E-state index in [1.54, 1.807) is 24.3 Å². The molecule has 0 spiro atoms. The van der Waals surface area contributed by atoms with Gasteiger partial charge in [0, 0.05) is 44.4 Å². The molecule has 1 aliphatic rings. The van der Waals surface area contributed by atoms with Crippen molar-refractivity contribution < 1.29 is 9.47 Å². The Kier molecular flexibility index (Phi) is 5.63. The van der Waals surface area contributed by atoms with Gasteiger partial charge < -0.3 is 9.47 Å². The average Bonchev–Trinajstić information content (AvgIpc) is 3.14. The fourth-order valence-corrected chi connectivity index (χ4v) is 4.97. The van der Waals surface area contributed by atoms with Crippen LogP contribution in [0.25, 0.3) is 20.2 Å². The first-order valence-electron chi connectivity index (χ1n) is 9.19. The van der Waals surface area contributed by atoms with E-state index in [-0.39, 0.29) is 0 Å². The number of fused-ring (bicyclic) bond motifs is 5. The van der Waals surface area contributed by atoms with Crippen molar-refractivity contribution in [3.05, 3.63) is 92.9 Å². The van der Waals surface area contributed by atoms with Crippen molar-refractivity contribution in [2.45, 2.75) is 0 Å². The predicted octanol–water partition coefficient (Wildman–Crippen LogP) is 10.3. The van der Waals surface area contributed by atoms with Gasteiger partial charge in [-0.05, 0) is 12.1 Å². The van der Waals surface area contributed by atoms with Gasteiger partial charge in [-0.25, -0.2) is 0 Å². The third-order valence-corrected chi connectivity index (χ3v) is 7.29. The molecule has 0 aliphatic carbocycles. The molecule has 0 saturated heterocycles. The lowest BCUT2D eigenvalue weighted by molar-refractivity contribution is 0.359. The molecule has 2 nitrogen and oxygen atoms in total. The Bertz CT molecular complexity index is 1280. The Hall–Kier alpha value is -2.14. The zero-order chi connectivity index (χ0) is 21.5. The quantitative estimate of drug-likeness (QED) is 0.204. The summed E-state index contributed by atoms with van der Waals surface area (Å²) in [7, 11) is 0. The zero-order valence-corrected chi connectivity index (χ0v) is 19.5. The van der Waals surface area contributed by atoms with Gasteiger partial charge in [0.05, 0.1) is 20.1 Å². The van der Waals surface area contributed by atoms with E-state index in [0.717, 1.165) is 0 Å². The highest BCUT2D eigenvalue weighted by Crippen LogP contribution is 2.49. The number of hydrogen-bond donors (Lipinski definition) is 0. The maximum atomic E-state index is 5.91. The Labute approximate surface area is 202 Å². The highest BCUT2D eigenvalue weighted by atomic mass is 35.5. The topological polar surface area (TPSA) is 18.5 Å². The van der Waals surface area contributed by atoms with Gasteiger partial charge in [0.1, 0.15) is 0 Å². The molecule has 0 saturated carbocycles. The van der Waals surface area contributed by atoms with Crippen molar-refractivity contribution in [3.8, 4) is 23.0 Å². The fraction of sp³-hybridized carbons (Fsp3) is 0. The van der Waals surface area contributed by atoms with Crippen LogP contribution in [0.4, 0.5) is 0 Å². The molecular weight excluding hydrogens is 494 g/mol. The van der Waals surface area contributed by atoms with Crippen LogP contribution in [-0.4, -0.2) is 0 Å². The molecule has 0 bridgehead atoms. The summed E-state index contributed by atoms with van der Waals surface area (Å²) in [6, 6.07) is 23.5. The molecule has 1 aliphatic heterocycles. The van der Waals surface area contributed by atoms with Gasteiger partial charge in [0.2, 0.25) is 0 Å². The zero-order valence-electron chi connectivity index (χ0n) is 15.7. The Morgan fingerprint density at radius 3 is 1.16 bits per heavy atom. The van der Waals surface area contributed by atoms with E-state index in [9.17, 15) is 0 Å². The monoisotopic (exact) mass is 504 g/mol. The van der Waals surface area contributed by atoms with Gasteiger partial charge in [0.25, 0.3) is 0 Å². The number of thiophene rings is 1. The molecule has 0 amide bonds. The second kappa shape index (κ2) is 8.42. The Balaban J connectivity index is 0.000000138. The van der Waals surface area contributed by atoms with Gasteiger partial charge in [-0.2, -0.15) is 0 Å². The molecule has 4 aromatic carbocycles. The van der Waals surface area contributed by atoms with Crippen LogP contribution in [0.1, 0.15) is 0 Å². The number of halogens is 4. The smallest absolute Gasteiger partial charge is 0.171 e. The highest BCUT2D eigenvalue weighted by molar-refractivity contribution is 7.25. The third kappa shape index (κ3) is 4.05. The maximum Gasteiger partial charge on any atom is 0.171 e. The van der Waals surface area contributed by atoms with Crippen molar-refractivity contribution in [3.63, 3.8) is 0 Å². The number of rotatable bonds is 0. The average molecular weight is 506 g/mol. The molecule has 154 valence electrons. The first-order valence-corrected chi connectivity index (χ1v) is 11.5. The summed E-state index contributed by atoms with van der Waals surface area (Å²) in [6.45, 7) is 0. The van der Waals surface area contributed by atoms with Gasteiger partial charge in [-0.15, -0.1) is 11.3 Å². The minimum atomic E-state index is 0.391. The molecule has 5 aromatic rings. The Morgan fingerprint density at radius 1 is 0.484 bits per heavy atom. The van der Waals surface area contributed by atoms with E-state index >= 15 is 0 Å². The lowest BCUT2D eigenvalue weighted by Gasteiger charge is -2.21. The lowest BCUT2D eigenvalue weighted by Crippen LogP contribution is -1.99. The predicted molar refractivity (Wildman–Crippen MR) is 132 cm³/mol. The van der Waals surface area contributed by atoms with Gasteiger partial charge in [0.15, 0.2) is 23.0 Å². The van der Waals surface area contributed by atoms with Crippen LogP contribution < -0.4 is 9.47 Å². The molecule has 2 heterocycles. The molecule has 0 atom stereocenters. The van der Waals surface area contributed by atoms with Crippen LogP contribution in [0.5, 0.6) is 23.0 Å². The van der Waals surface area contributed by atoms with Crippen LogP contribution in [0, 0.1) is 0 Å². The fourth-order valence-electron chi connectivity index (χ4n) is 3.25. The van der Waals surface area contributed by atoms with Crippen LogP contribution in [0.3, 0.4) is 0 Å². The summed E-state index contributed by atoms with van der Waals surface area (Å²) in [5.41, 5.74) is 0. The summed E-state index contributed by atoms with van der Waals surface area (Å²) >= 11 is 25.5. The van der Waals surface area contributed by atoms with Crippen LogP contribution in [0.2, 0.25) is 20.1 Å². The van der Waals surface area contributed by atoms with Gasteiger partial charge in [-0.1, -0.05) is 82.8 Å². The van der Waals surface area contributed by atoms with E-state index in [1.807, 2.05) is 11.3 Å². The van der Waals surface area contributed by atoms with Gasteiger partial charge >= 0.3 is 0 Å². The summed E-state index contributed by atoms with van der Waals surface area (Å²) < 4.78 is 14.0. The molecule has 1 aromatic heterocycles. The first kappa shape index (κ1) is 20.7. The molecule has 0 radical (unpaired) electrons. The molecule has 0 fully saturated rings. The third-order valence-electron chi connectivity index (χ3n) is 4.70. The number of benzene rings is 4. The molecule has 7 heteroatoms. The van der Waals surface area contributed by atoms with Crippen molar-refractivity contribution >= 4 is 77.9 Å². The van der Waals surface area contributed by atoms with Crippen molar-refractivity contribution in [1.82, 2.24) is 0 Å². The molecule has 6 rings (SSSR count). The number of ether oxygens (including phenoxy) is 2. The van der Waals surface area contributed by atoms with Crippen molar-refractivity contribution in [2.75, 3.05) is 0 Å². The standard InChI is InChI=1S/C12H4Cl4O2.C12H8S/c13-5-1-9-10(2-6(5)14)18-12-4-8(16)7(15)3-11(12)17-9;1-3-7-11-9(5-1)10-6-2-4-8-12(10)13-11/h1-4H;1-8H. The minimum absolute atomic E-state index is 0.391. The van der Waals surface area contributed by atoms with Crippen LogP contribution >= 0.6 is 57.7 Å². The van der Waals surface area contributed by atoms with Crippen molar-refractivity contribution in [2.24, 2.45) is 0 Å². The van der Waals surface area contributed by atoms with Gasteiger partial charge in [-0.3, -0.25) is 0 Å². The van der Waals surface area contributed by atoms with Crippen LogP contribution in [-0.2, 0) is 0 Å². The summed E-state index contributed by atoms with van der Waals surface area (Å²) in [5.74, 6) is 1.93.